The van der Waals surface area contributed by atoms with Crippen LogP contribution in [0, 0.1) is 12.7 Å². The first-order chi connectivity index (χ1) is 13.5. The number of rotatable bonds is 3. The van der Waals surface area contributed by atoms with Gasteiger partial charge in [0.2, 0.25) is 0 Å². The van der Waals surface area contributed by atoms with Crippen LogP contribution in [-0.2, 0) is 11.8 Å². The van der Waals surface area contributed by atoms with Crippen molar-refractivity contribution in [3.8, 4) is 11.3 Å². The first-order valence-corrected chi connectivity index (χ1v) is 9.01. The van der Waals surface area contributed by atoms with Gasteiger partial charge in [-0.15, -0.1) is 0 Å². The Morgan fingerprint density at radius 2 is 2.11 bits per heavy atom. The van der Waals surface area contributed by atoms with E-state index in [1.807, 2.05) is 6.92 Å². The van der Waals surface area contributed by atoms with Crippen molar-refractivity contribution in [2.75, 3.05) is 19.7 Å². The Morgan fingerprint density at radius 1 is 1.29 bits per heavy atom. The number of aryl methyl sites for hydroxylation is 2. The number of nitrogens with zero attached hydrogens (tertiary/aromatic N) is 5. The molecule has 0 bridgehead atoms. The van der Waals surface area contributed by atoms with Crippen LogP contribution in [0.3, 0.4) is 0 Å². The second kappa shape index (κ2) is 7.47. The van der Waals surface area contributed by atoms with Gasteiger partial charge in [-0.05, 0) is 19.1 Å². The second-order valence-corrected chi connectivity index (χ2v) is 6.72. The standard InChI is InChI=1S/C20H20FN5O2/c1-13-15(11-25(2)24-13)20(27)26-7-8-28-19(12-26)18-10-22-9-17(23-18)14-5-3-4-6-16(14)21/h3-6,9-11,19H,7-8,12H2,1-2H3/t19-/m0/s1. The number of halogens is 1. The van der Waals surface area contributed by atoms with E-state index in [9.17, 15) is 9.18 Å². The Balaban J connectivity index is 1.57. The molecule has 7 nitrogen and oxygen atoms in total. The van der Waals surface area contributed by atoms with Crippen molar-refractivity contribution in [3.63, 3.8) is 0 Å². The van der Waals surface area contributed by atoms with Crippen molar-refractivity contribution in [3.05, 3.63) is 65.6 Å². The summed E-state index contributed by atoms with van der Waals surface area (Å²) in [5.74, 6) is -0.445. The quantitative estimate of drug-likeness (QED) is 0.697. The van der Waals surface area contributed by atoms with Gasteiger partial charge in [0.1, 0.15) is 11.9 Å². The lowest BCUT2D eigenvalue weighted by atomic mass is 10.1. The van der Waals surface area contributed by atoms with E-state index in [-0.39, 0.29) is 11.7 Å². The number of hydrogen-bond acceptors (Lipinski definition) is 5. The Hall–Kier alpha value is -3.13. The Bertz CT molecular complexity index is 1020. The number of amides is 1. The molecule has 1 aliphatic heterocycles. The Morgan fingerprint density at radius 3 is 2.86 bits per heavy atom. The lowest BCUT2D eigenvalue weighted by Crippen LogP contribution is -2.42. The normalized spacial score (nSPS) is 17.0. The molecule has 0 spiro atoms. The molecule has 3 aromatic rings. The fraction of sp³-hybridized carbons (Fsp3) is 0.300. The van der Waals surface area contributed by atoms with Crippen LogP contribution in [-0.4, -0.2) is 50.3 Å². The summed E-state index contributed by atoms with van der Waals surface area (Å²) in [5.41, 5.74) is 2.66. The summed E-state index contributed by atoms with van der Waals surface area (Å²) in [6.45, 7) is 3.04. The molecule has 3 heterocycles. The van der Waals surface area contributed by atoms with E-state index >= 15 is 0 Å². The van der Waals surface area contributed by atoms with E-state index in [0.717, 1.165) is 0 Å². The van der Waals surface area contributed by atoms with Gasteiger partial charge in [-0.25, -0.2) is 9.37 Å². The van der Waals surface area contributed by atoms with Gasteiger partial charge in [-0.2, -0.15) is 5.10 Å². The van der Waals surface area contributed by atoms with Crippen molar-refractivity contribution in [2.45, 2.75) is 13.0 Å². The highest BCUT2D eigenvalue weighted by Gasteiger charge is 2.29. The number of carbonyl (C=O) groups is 1. The molecule has 144 valence electrons. The fourth-order valence-electron chi connectivity index (χ4n) is 3.33. The van der Waals surface area contributed by atoms with Crippen LogP contribution in [0.5, 0.6) is 0 Å². The minimum atomic E-state index is -0.422. The zero-order valence-electron chi connectivity index (χ0n) is 15.7. The molecule has 4 rings (SSSR count). The number of aromatic nitrogens is 4. The average Bonchev–Trinajstić information content (AvgIpc) is 3.06. The van der Waals surface area contributed by atoms with Crippen molar-refractivity contribution in [1.29, 1.82) is 0 Å². The summed E-state index contributed by atoms with van der Waals surface area (Å²) < 4.78 is 21.5. The van der Waals surface area contributed by atoms with Crippen molar-refractivity contribution < 1.29 is 13.9 Å². The van der Waals surface area contributed by atoms with Crippen LogP contribution in [0.25, 0.3) is 11.3 Å². The number of carbonyl (C=O) groups excluding carboxylic acids is 1. The minimum Gasteiger partial charge on any atom is -0.368 e. The highest BCUT2D eigenvalue weighted by molar-refractivity contribution is 5.95. The predicted octanol–water partition coefficient (Wildman–Crippen LogP) is 2.54. The third-order valence-corrected chi connectivity index (χ3v) is 4.73. The first-order valence-electron chi connectivity index (χ1n) is 9.01. The lowest BCUT2D eigenvalue weighted by Gasteiger charge is -2.32. The van der Waals surface area contributed by atoms with Crippen molar-refractivity contribution >= 4 is 5.91 Å². The summed E-state index contributed by atoms with van der Waals surface area (Å²) in [4.78, 5) is 23.3. The zero-order valence-corrected chi connectivity index (χ0v) is 15.7. The van der Waals surface area contributed by atoms with Gasteiger partial charge in [0.05, 0.1) is 48.2 Å². The monoisotopic (exact) mass is 381 g/mol. The van der Waals surface area contributed by atoms with Crippen LogP contribution >= 0.6 is 0 Å². The minimum absolute atomic E-state index is 0.0860. The highest BCUT2D eigenvalue weighted by atomic mass is 19.1. The number of benzene rings is 1. The van der Waals surface area contributed by atoms with Crippen LogP contribution in [0.15, 0.2) is 42.9 Å². The fourth-order valence-corrected chi connectivity index (χ4v) is 3.33. The van der Waals surface area contributed by atoms with Gasteiger partial charge in [-0.1, -0.05) is 12.1 Å². The van der Waals surface area contributed by atoms with Crippen LogP contribution in [0.1, 0.15) is 27.8 Å². The van der Waals surface area contributed by atoms with Crippen molar-refractivity contribution in [2.24, 2.45) is 7.05 Å². The summed E-state index contributed by atoms with van der Waals surface area (Å²) in [5, 5.41) is 4.24. The zero-order chi connectivity index (χ0) is 19.7. The third-order valence-electron chi connectivity index (χ3n) is 4.73. The smallest absolute Gasteiger partial charge is 0.257 e. The molecule has 1 amide bonds. The Labute approximate surface area is 161 Å². The molecule has 1 fully saturated rings. The van der Waals surface area contributed by atoms with Gasteiger partial charge in [0.15, 0.2) is 0 Å². The van der Waals surface area contributed by atoms with Crippen LogP contribution in [0.2, 0.25) is 0 Å². The summed E-state index contributed by atoms with van der Waals surface area (Å²) in [6.07, 6.45) is 4.42. The summed E-state index contributed by atoms with van der Waals surface area (Å²) in [6, 6.07) is 6.42. The number of ether oxygens (including phenoxy) is 1. The van der Waals surface area contributed by atoms with Gasteiger partial charge < -0.3 is 9.64 Å². The molecule has 0 radical (unpaired) electrons. The molecule has 0 saturated carbocycles. The van der Waals surface area contributed by atoms with E-state index in [1.54, 1.807) is 47.2 Å². The van der Waals surface area contributed by atoms with E-state index in [4.69, 9.17) is 4.74 Å². The summed E-state index contributed by atoms with van der Waals surface area (Å²) in [7, 11) is 1.79. The largest absolute Gasteiger partial charge is 0.368 e. The summed E-state index contributed by atoms with van der Waals surface area (Å²) >= 11 is 0. The molecule has 0 unspecified atom stereocenters. The molecule has 28 heavy (non-hydrogen) atoms. The molecule has 0 N–H and O–H groups in total. The van der Waals surface area contributed by atoms with Gasteiger partial charge in [0.25, 0.3) is 5.91 Å². The molecule has 1 aliphatic rings. The SMILES string of the molecule is Cc1nn(C)cc1C(=O)N1CCO[C@H](c2cncc(-c3ccccc3F)n2)C1. The second-order valence-electron chi connectivity index (χ2n) is 6.72. The average molecular weight is 381 g/mol. The molecule has 1 atom stereocenters. The molecule has 1 saturated heterocycles. The van der Waals surface area contributed by atoms with Crippen LogP contribution < -0.4 is 0 Å². The van der Waals surface area contributed by atoms with Crippen molar-refractivity contribution in [1.82, 2.24) is 24.6 Å². The molecule has 2 aromatic heterocycles. The lowest BCUT2D eigenvalue weighted by molar-refractivity contribution is -0.0248. The number of morpholine rings is 1. The number of hydrogen-bond donors (Lipinski definition) is 0. The first kappa shape index (κ1) is 18.2. The molecular weight excluding hydrogens is 361 g/mol. The highest BCUT2D eigenvalue weighted by Crippen LogP contribution is 2.25. The van der Waals surface area contributed by atoms with E-state index in [0.29, 0.717) is 47.9 Å². The molecule has 0 aliphatic carbocycles. The predicted molar refractivity (Wildman–Crippen MR) is 100.0 cm³/mol. The third kappa shape index (κ3) is 3.50. The maximum atomic E-state index is 14.1. The van der Waals surface area contributed by atoms with Gasteiger partial charge >= 0.3 is 0 Å². The van der Waals surface area contributed by atoms with Crippen LogP contribution in [0.4, 0.5) is 4.39 Å². The maximum Gasteiger partial charge on any atom is 0.257 e. The van der Waals surface area contributed by atoms with E-state index < -0.39 is 6.10 Å². The molecule has 1 aromatic carbocycles. The topological polar surface area (TPSA) is 73.1 Å². The maximum absolute atomic E-state index is 14.1. The van der Waals surface area contributed by atoms with Gasteiger partial charge in [-0.3, -0.25) is 14.5 Å². The molecular formula is C20H20FN5O2. The van der Waals surface area contributed by atoms with E-state index in [1.165, 1.54) is 12.3 Å². The Kier molecular flexibility index (Phi) is 4.87. The molecule has 8 heteroatoms. The van der Waals surface area contributed by atoms with Gasteiger partial charge in [0, 0.05) is 25.4 Å². The van der Waals surface area contributed by atoms with E-state index in [2.05, 4.69) is 15.1 Å².